The van der Waals surface area contributed by atoms with Gasteiger partial charge in [-0.3, -0.25) is 4.98 Å². The molecule has 0 radical (unpaired) electrons. The molecule has 1 aliphatic carbocycles. The number of nitrogens with two attached hydrogens (primary N) is 1. The van der Waals surface area contributed by atoms with E-state index in [1.54, 1.807) is 0 Å². The van der Waals surface area contributed by atoms with Crippen LogP contribution in [0.1, 0.15) is 19.3 Å². The van der Waals surface area contributed by atoms with E-state index in [1.165, 1.54) is 5.69 Å². The molecule has 1 aromatic rings. The molecule has 2 aliphatic heterocycles. The Labute approximate surface area is 101 Å². The van der Waals surface area contributed by atoms with Crippen LogP contribution in [0.2, 0.25) is 0 Å². The van der Waals surface area contributed by atoms with E-state index in [0.717, 1.165) is 25.8 Å². The van der Waals surface area contributed by atoms with Crippen LogP contribution in [0.25, 0.3) is 0 Å². The molecule has 0 amide bonds. The van der Waals surface area contributed by atoms with Crippen molar-refractivity contribution in [1.29, 1.82) is 0 Å². The van der Waals surface area contributed by atoms with Crippen molar-refractivity contribution in [2.45, 2.75) is 30.9 Å². The minimum absolute atomic E-state index is 0.311. The van der Waals surface area contributed by atoms with Crippen molar-refractivity contribution < 1.29 is 5.11 Å². The zero-order valence-corrected chi connectivity index (χ0v) is 9.92. The molecule has 92 valence electrons. The molecular formula is C13H19N3O. The molecule has 4 heteroatoms. The van der Waals surface area contributed by atoms with E-state index in [9.17, 15) is 5.11 Å². The van der Waals surface area contributed by atoms with Crippen molar-refractivity contribution in [2.75, 3.05) is 18.0 Å². The van der Waals surface area contributed by atoms with E-state index in [2.05, 4.69) is 9.88 Å². The number of fused-ring (bicyclic) bond motifs is 3. The van der Waals surface area contributed by atoms with E-state index in [-0.39, 0.29) is 0 Å². The molecule has 1 aromatic heterocycles. The number of hydrogen-bond acceptors (Lipinski definition) is 4. The minimum Gasteiger partial charge on any atom is -0.388 e. The van der Waals surface area contributed by atoms with E-state index in [1.807, 2.05) is 24.5 Å². The quantitative estimate of drug-likeness (QED) is 0.791. The zero-order valence-electron chi connectivity index (χ0n) is 9.92. The van der Waals surface area contributed by atoms with Gasteiger partial charge in [0.2, 0.25) is 0 Å². The lowest BCUT2D eigenvalue weighted by molar-refractivity contribution is -0.0632. The smallest absolute Gasteiger partial charge is 0.0833 e. The Kier molecular flexibility index (Phi) is 2.56. The van der Waals surface area contributed by atoms with Crippen LogP contribution in [0.15, 0.2) is 24.5 Å². The summed E-state index contributed by atoms with van der Waals surface area (Å²) in [5.41, 5.74) is 6.31. The molecule has 3 aliphatic rings. The molecule has 17 heavy (non-hydrogen) atoms. The van der Waals surface area contributed by atoms with Crippen LogP contribution in [-0.4, -0.2) is 34.8 Å². The van der Waals surface area contributed by atoms with Gasteiger partial charge in [0.05, 0.1) is 5.60 Å². The predicted molar refractivity (Wildman–Crippen MR) is 66.7 cm³/mol. The lowest BCUT2D eigenvalue weighted by Crippen LogP contribution is -2.63. The van der Waals surface area contributed by atoms with Crippen molar-refractivity contribution in [3.8, 4) is 0 Å². The van der Waals surface area contributed by atoms with Gasteiger partial charge in [0.1, 0.15) is 0 Å². The van der Waals surface area contributed by atoms with Crippen LogP contribution < -0.4 is 10.6 Å². The largest absolute Gasteiger partial charge is 0.388 e. The molecule has 0 aromatic carbocycles. The summed E-state index contributed by atoms with van der Waals surface area (Å²) in [5, 5.41) is 10.5. The van der Waals surface area contributed by atoms with Crippen molar-refractivity contribution in [3.63, 3.8) is 0 Å². The highest BCUT2D eigenvalue weighted by Gasteiger charge is 2.48. The van der Waals surface area contributed by atoms with Crippen molar-refractivity contribution >= 4 is 5.69 Å². The fourth-order valence-corrected chi connectivity index (χ4v) is 3.35. The lowest BCUT2D eigenvalue weighted by atomic mass is 9.68. The van der Waals surface area contributed by atoms with Gasteiger partial charge >= 0.3 is 0 Å². The van der Waals surface area contributed by atoms with Gasteiger partial charge in [0, 0.05) is 43.1 Å². The first-order chi connectivity index (χ1) is 8.23. The molecule has 4 rings (SSSR count). The van der Waals surface area contributed by atoms with Gasteiger partial charge in [0.15, 0.2) is 0 Å². The van der Waals surface area contributed by atoms with Crippen LogP contribution in [0, 0.1) is 5.92 Å². The second-order valence-corrected chi connectivity index (χ2v) is 5.30. The molecule has 3 atom stereocenters. The summed E-state index contributed by atoms with van der Waals surface area (Å²) in [4.78, 5) is 6.45. The first kappa shape index (κ1) is 11.0. The molecular weight excluding hydrogens is 214 g/mol. The van der Waals surface area contributed by atoms with Crippen LogP contribution in [0.3, 0.4) is 0 Å². The van der Waals surface area contributed by atoms with Crippen LogP contribution in [0.4, 0.5) is 5.69 Å². The topological polar surface area (TPSA) is 62.4 Å². The normalized spacial score (nSPS) is 36.2. The molecule has 4 nitrogen and oxygen atoms in total. The van der Waals surface area contributed by atoms with Gasteiger partial charge in [-0.15, -0.1) is 0 Å². The maximum absolute atomic E-state index is 10.5. The Morgan fingerprint density at radius 1 is 1.41 bits per heavy atom. The molecule has 0 spiro atoms. The monoisotopic (exact) mass is 233 g/mol. The maximum Gasteiger partial charge on any atom is 0.0833 e. The Bertz CT molecular complexity index is 397. The number of aliphatic hydroxyl groups is 1. The van der Waals surface area contributed by atoms with Crippen LogP contribution in [0.5, 0.6) is 0 Å². The highest BCUT2D eigenvalue weighted by molar-refractivity contribution is 5.47. The van der Waals surface area contributed by atoms with E-state index < -0.39 is 5.60 Å². The number of hydrogen-bond donors (Lipinski definition) is 2. The summed E-state index contributed by atoms with van der Waals surface area (Å²) < 4.78 is 0. The number of aromatic nitrogens is 1. The Morgan fingerprint density at radius 3 is 2.76 bits per heavy atom. The molecule has 1 saturated carbocycles. The highest BCUT2D eigenvalue weighted by atomic mass is 16.3. The second kappa shape index (κ2) is 3.96. The van der Waals surface area contributed by atoms with Gasteiger partial charge in [0.25, 0.3) is 0 Å². The third kappa shape index (κ3) is 1.72. The average Bonchev–Trinajstić information content (AvgIpc) is 2.40. The number of anilines is 1. The number of piperidine rings is 2. The first-order valence-corrected chi connectivity index (χ1v) is 6.32. The summed E-state index contributed by atoms with van der Waals surface area (Å²) >= 11 is 0. The number of rotatable bonds is 2. The van der Waals surface area contributed by atoms with Crippen molar-refractivity contribution in [3.05, 3.63) is 24.5 Å². The third-order valence-corrected chi connectivity index (χ3v) is 4.40. The van der Waals surface area contributed by atoms with Gasteiger partial charge < -0.3 is 15.7 Å². The Hall–Kier alpha value is -1.13. The maximum atomic E-state index is 10.5. The molecule has 3 N–H and O–H groups in total. The van der Waals surface area contributed by atoms with E-state index in [0.29, 0.717) is 18.5 Å². The van der Waals surface area contributed by atoms with Gasteiger partial charge in [-0.1, -0.05) is 0 Å². The van der Waals surface area contributed by atoms with Gasteiger partial charge in [-0.05, 0) is 31.4 Å². The molecule has 2 bridgehead atoms. The molecule has 3 heterocycles. The molecule has 3 unspecified atom stereocenters. The van der Waals surface area contributed by atoms with Gasteiger partial charge in [-0.2, -0.15) is 0 Å². The average molecular weight is 233 g/mol. The summed E-state index contributed by atoms with van der Waals surface area (Å²) in [5.74, 6) is 0.311. The first-order valence-electron chi connectivity index (χ1n) is 6.32. The van der Waals surface area contributed by atoms with Crippen molar-refractivity contribution in [2.24, 2.45) is 11.7 Å². The van der Waals surface area contributed by atoms with Gasteiger partial charge in [-0.25, -0.2) is 0 Å². The molecule has 3 fully saturated rings. The van der Waals surface area contributed by atoms with E-state index >= 15 is 0 Å². The zero-order chi connectivity index (χ0) is 11.9. The SMILES string of the molecule is NCC1(O)CC2CCC1CN2c1ccncc1. The Morgan fingerprint density at radius 2 is 2.18 bits per heavy atom. The number of nitrogens with zero attached hydrogens (tertiary/aromatic N) is 2. The summed E-state index contributed by atoms with van der Waals surface area (Å²) in [6.07, 6.45) is 6.71. The Balaban J connectivity index is 1.85. The summed E-state index contributed by atoms with van der Waals surface area (Å²) in [6, 6.07) is 4.51. The summed E-state index contributed by atoms with van der Waals surface area (Å²) in [7, 11) is 0. The second-order valence-electron chi connectivity index (χ2n) is 5.30. The predicted octanol–water partition coefficient (Wildman–Crippen LogP) is 0.760. The molecule has 2 saturated heterocycles. The van der Waals surface area contributed by atoms with Crippen LogP contribution >= 0.6 is 0 Å². The lowest BCUT2D eigenvalue weighted by Gasteiger charge is -2.54. The fourth-order valence-electron chi connectivity index (χ4n) is 3.35. The van der Waals surface area contributed by atoms with E-state index in [4.69, 9.17) is 5.73 Å². The highest BCUT2D eigenvalue weighted by Crippen LogP contribution is 2.43. The third-order valence-electron chi connectivity index (χ3n) is 4.40. The fraction of sp³-hybridized carbons (Fsp3) is 0.615. The van der Waals surface area contributed by atoms with Crippen LogP contribution in [-0.2, 0) is 0 Å². The minimum atomic E-state index is -0.632. The number of pyridine rings is 1. The standard InChI is InChI=1S/C13H19N3O/c14-9-13(17)7-12-2-1-10(13)8-16(12)11-3-5-15-6-4-11/h3-6,10,12,17H,1-2,7-9,14H2. The van der Waals surface area contributed by atoms with Crippen molar-refractivity contribution in [1.82, 2.24) is 4.98 Å². The summed E-state index contributed by atoms with van der Waals surface area (Å²) in [6.45, 7) is 1.31.